The molecule has 274 valence electrons. The number of rotatable bonds is 8. The average molecular weight is 771 g/mol. The second-order valence-corrected chi connectivity index (χ2v) is 14.3. The van der Waals surface area contributed by atoms with Gasteiger partial charge >= 0.3 is 11.8 Å². The van der Waals surface area contributed by atoms with Gasteiger partial charge in [-0.05, 0) is 84.9 Å². The zero-order chi connectivity index (χ0) is 38.9. The van der Waals surface area contributed by atoms with E-state index in [0.29, 0.717) is 0 Å². The van der Waals surface area contributed by atoms with E-state index >= 15 is 0 Å². The Morgan fingerprint density at radius 3 is 1.11 bits per heavy atom. The Labute approximate surface area is 305 Å². The summed E-state index contributed by atoms with van der Waals surface area (Å²) in [4.78, 5) is 50.4. The van der Waals surface area contributed by atoms with Crippen LogP contribution in [0.5, 0.6) is 11.5 Å². The molecule has 18 heteroatoms. The van der Waals surface area contributed by atoms with E-state index in [1.165, 1.54) is 97.1 Å². The van der Waals surface area contributed by atoms with Gasteiger partial charge in [-0.3, -0.25) is 28.3 Å². The zero-order valence-corrected chi connectivity index (χ0v) is 28.9. The quantitative estimate of drug-likeness (QED) is 0.0579. The van der Waals surface area contributed by atoms with Gasteiger partial charge in [0, 0.05) is 44.0 Å². The van der Waals surface area contributed by atoms with Gasteiger partial charge in [0.1, 0.15) is 21.3 Å². The van der Waals surface area contributed by atoms with E-state index in [-0.39, 0.29) is 66.9 Å². The molecular weight excluding hydrogens is 745 g/mol. The third kappa shape index (κ3) is 7.66. The number of carbonyl (C=O) groups excluding carboxylic acids is 4. The number of aromatic hydroxyl groups is 2. The molecule has 0 spiro atoms. The number of nitrogens with one attached hydrogen (secondary N) is 4. The molecule has 0 aliphatic rings. The first-order chi connectivity index (χ1) is 25.5. The summed E-state index contributed by atoms with van der Waals surface area (Å²) >= 11 is 0. The first kappa shape index (κ1) is 36.9. The normalized spacial score (nSPS) is 11.5. The van der Waals surface area contributed by atoms with Crippen molar-refractivity contribution in [2.24, 2.45) is 0 Å². The third-order valence-electron chi connectivity index (χ3n) is 8.05. The highest BCUT2D eigenvalue weighted by Crippen LogP contribution is 2.37. The lowest BCUT2D eigenvalue weighted by molar-refractivity contribution is -0.132. The van der Waals surface area contributed by atoms with Crippen LogP contribution in [0.15, 0.2) is 119 Å². The molecule has 0 atom stereocenters. The number of hydrogen-bond acceptors (Lipinski definition) is 10. The molecule has 0 bridgehead atoms. The lowest BCUT2D eigenvalue weighted by Crippen LogP contribution is -2.29. The van der Waals surface area contributed by atoms with Crippen molar-refractivity contribution < 1.29 is 55.3 Å². The zero-order valence-electron chi connectivity index (χ0n) is 27.3. The van der Waals surface area contributed by atoms with E-state index in [0.717, 1.165) is 12.1 Å². The molecule has 0 aliphatic carbocycles. The van der Waals surface area contributed by atoms with E-state index in [1.54, 1.807) is 0 Å². The molecule has 16 nitrogen and oxygen atoms in total. The van der Waals surface area contributed by atoms with Crippen molar-refractivity contribution >= 4 is 88.2 Å². The Morgan fingerprint density at radius 1 is 0.426 bits per heavy atom. The van der Waals surface area contributed by atoms with E-state index in [4.69, 9.17) is 0 Å². The highest BCUT2D eigenvalue weighted by atomic mass is 32.2. The first-order valence-corrected chi connectivity index (χ1v) is 18.3. The van der Waals surface area contributed by atoms with Crippen molar-refractivity contribution in [3.05, 3.63) is 120 Å². The summed E-state index contributed by atoms with van der Waals surface area (Å²) in [6.07, 6.45) is 0. The van der Waals surface area contributed by atoms with Gasteiger partial charge in [0.05, 0.1) is 11.4 Å². The standard InChI is InChI=1S/C36H26N4O12S2/c41-27-17-15-23-25(3-1-5-29(23)53(47,48)49)31(27)39-33(43)19-7-11-21(12-8-19)37-35(45)36(46)38-22-13-9-20(10-14-22)34(44)40-32-26-4-2-6-30(54(50,51)52)24(26)16-18-28(32)42/h1-18,41-42H,(H,37,45)(H,38,46)(H,39,43)(H,40,44)(H,47,48,49)(H,50,51,52). The second kappa shape index (κ2) is 14.3. The Bertz CT molecular complexity index is 2560. The molecule has 6 aromatic carbocycles. The van der Waals surface area contributed by atoms with Gasteiger partial charge in [0.25, 0.3) is 32.1 Å². The Kier molecular flexibility index (Phi) is 9.76. The SMILES string of the molecule is O=C(Nc1ccc(C(=O)Nc2c(O)ccc3c(S(=O)(=O)O)cccc23)cc1)C(=O)Nc1ccc(C(=O)Nc2c(O)ccc3c(S(=O)(=O)O)cccc23)cc1. The minimum Gasteiger partial charge on any atom is -0.506 e. The number of carbonyl (C=O) groups is 4. The van der Waals surface area contributed by atoms with Crippen molar-refractivity contribution in [2.75, 3.05) is 21.3 Å². The number of anilines is 4. The first-order valence-electron chi connectivity index (χ1n) is 15.4. The van der Waals surface area contributed by atoms with Gasteiger partial charge < -0.3 is 31.5 Å². The van der Waals surface area contributed by atoms with E-state index in [2.05, 4.69) is 21.3 Å². The van der Waals surface area contributed by atoms with Crippen molar-refractivity contribution in [3.63, 3.8) is 0 Å². The van der Waals surface area contributed by atoms with Gasteiger partial charge in [-0.2, -0.15) is 16.8 Å². The molecular formula is C36H26N4O12S2. The smallest absolute Gasteiger partial charge is 0.314 e. The van der Waals surface area contributed by atoms with Crippen molar-refractivity contribution in [3.8, 4) is 11.5 Å². The minimum atomic E-state index is -4.60. The fraction of sp³-hybridized carbons (Fsp3) is 0. The van der Waals surface area contributed by atoms with Crippen LogP contribution in [0.25, 0.3) is 21.5 Å². The highest BCUT2D eigenvalue weighted by molar-refractivity contribution is 7.86. The number of phenolic OH excluding ortho intramolecular Hbond substituents is 2. The van der Waals surface area contributed by atoms with Crippen molar-refractivity contribution in [1.82, 2.24) is 0 Å². The van der Waals surface area contributed by atoms with Crippen LogP contribution in [0.4, 0.5) is 22.7 Å². The van der Waals surface area contributed by atoms with Crippen LogP contribution in [0.3, 0.4) is 0 Å². The molecule has 0 unspecified atom stereocenters. The number of benzene rings is 6. The molecule has 4 amide bonds. The number of fused-ring (bicyclic) bond motifs is 2. The molecule has 54 heavy (non-hydrogen) atoms. The Hall–Kier alpha value is -6.86. The number of hydrogen-bond donors (Lipinski definition) is 8. The molecule has 0 radical (unpaired) electrons. The van der Waals surface area contributed by atoms with Crippen LogP contribution in [0.2, 0.25) is 0 Å². The summed E-state index contributed by atoms with van der Waals surface area (Å²) in [5, 5.41) is 31.0. The number of amides is 4. The summed E-state index contributed by atoms with van der Waals surface area (Å²) in [7, 11) is -9.20. The molecule has 0 aliphatic heterocycles. The van der Waals surface area contributed by atoms with Crippen LogP contribution in [0, 0.1) is 0 Å². The molecule has 6 rings (SSSR count). The largest absolute Gasteiger partial charge is 0.506 e. The number of phenols is 2. The molecule has 0 saturated carbocycles. The summed E-state index contributed by atoms with van der Waals surface area (Å²) in [5.41, 5.74) is 0.220. The average Bonchev–Trinajstić information content (AvgIpc) is 3.13. The van der Waals surface area contributed by atoms with Crippen LogP contribution in [-0.4, -0.2) is 59.8 Å². The third-order valence-corrected chi connectivity index (χ3v) is 9.87. The molecule has 8 N–H and O–H groups in total. The minimum absolute atomic E-state index is 0.0603. The topological polar surface area (TPSA) is 266 Å². The van der Waals surface area contributed by atoms with Crippen LogP contribution in [0.1, 0.15) is 20.7 Å². The maximum atomic E-state index is 13.0. The summed E-state index contributed by atoms with van der Waals surface area (Å²) in [6.45, 7) is 0. The van der Waals surface area contributed by atoms with Crippen LogP contribution < -0.4 is 21.3 Å². The van der Waals surface area contributed by atoms with Gasteiger partial charge in [-0.1, -0.05) is 24.3 Å². The van der Waals surface area contributed by atoms with Crippen LogP contribution >= 0.6 is 0 Å². The maximum Gasteiger partial charge on any atom is 0.314 e. The van der Waals surface area contributed by atoms with Crippen molar-refractivity contribution in [1.29, 1.82) is 0 Å². The lowest BCUT2D eigenvalue weighted by Gasteiger charge is -2.13. The summed E-state index contributed by atoms with van der Waals surface area (Å²) < 4.78 is 66.3. The van der Waals surface area contributed by atoms with Crippen molar-refractivity contribution in [2.45, 2.75) is 9.79 Å². The molecule has 0 heterocycles. The molecule has 0 fully saturated rings. The fourth-order valence-corrected chi connectivity index (χ4v) is 6.92. The van der Waals surface area contributed by atoms with E-state index in [1.807, 2.05) is 0 Å². The highest BCUT2D eigenvalue weighted by Gasteiger charge is 2.21. The molecule has 0 saturated heterocycles. The van der Waals surface area contributed by atoms with Gasteiger partial charge in [0.2, 0.25) is 0 Å². The van der Waals surface area contributed by atoms with E-state index < -0.39 is 53.7 Å². The fourth-order valence-electron chi connectivity index (χ4n) is 5.50. The monoisotopic (exact) mass is 770 g/mol. The molecule has 6 aromatic rings. The van der Waals surface area contributed by atoms with Gasteiger partial charge in [-0.25, -0.2) is 0 Å². The van der Waals surface area contributed by atoms with Gasteiger partial charge in [0.15, 0.2) is 0 Å². The Balaban J connectivity index is 1.08. The predicted molar refractivity (Wildman–Crippen MR) is 197 cm³/mol. The maximum absolute atomic E-state index is 13.0. The summed E-state index contributed by atoms with van der Waals surface area (Å²) in [6, 6.07) is 23.4. The van der Waals surface area contributed by atoms with Crippen LogP contribution in [-0.2, 0) is 29.8 Å². The van der Waals surface area contributed by atoms with E-state index in [9.17, 15) is 55.3 Å². The second-order valence-electron chi connectivity index (χ2n) is 11.5. The molecule has 0 aromatic heterocycles. The Morgan fingerprint density at radius 2 is 0.778 bits per heavy atom. The predicted octanol–water partition coefficient (Wildman–Crippen LogP) is 4.98. The summed E-state index contributed by atoms with van der Waals surface area (Å²) in [5.74, 6) is -4.28. The lowest BCUT2D eigenvalue weighted by atomic mass is 10.1. The van der Waals surface area contributed by atoms with Gasteiger partial charge in [-0.15, -0.1) is 0 Å².